The van der Waals surface area contributed by atoms with Crippen molar-refractivity contribution in [1.29, 1.82) is 5.26 Å². The van der Waals surface area contributed by atoms with Crippen molar-refractivity contribution in [3.8, 4) is 34.5 Å². The minimum atomic E-state index is -0.0543. The standard InChI is InChI=1S/C55H51N5O/c1-53(2,3)38-25-26-57-51(31-38)60-48-24-21-36(34-56)27-47(48)46-23-22-44(33-50(46)60)61-43-18-13-17-42(32-43)58-35-59(41-15-11-10-12-16-41)52-45(19-14-20-49(52)58)37-28-39(54(4,5)6)30-40(29-37)55(7,8)9/h10-33H,1-9H3/q+2. The second-order valence-electron chi connectivity index (χ2n) is 19.2. The SMILES string of the molecule is CC(C)(C)c1cc(-c2cccc3c2[N+](c2ccccc2)=C=[N+]3c2cccc(Oc3ccc4c5cc(C#N)ccc5n(-c5cc(C(C)(C)C)ccn5)c4c3)c2)cc(C(C)(C)C)c1. The van der Waals surface area contributed by atoms with E-state index in [-0.39, 0.29) is 16.2 Å². The van der Waals surface area contributed by atoms with Crippen LogP contribution in [0.2, 0.25) is 0 Å². The topological polar surface area (TPSA) is 56.9 Å². The summed E-state index contributed by atoms with van der Waals surface area (Å²) in [4.78, 5) is 4.85. The van der Waals surface area contributed by atoms with Crippen LogP contribution in [-0.2, 0) is 16.2 Å². The van der Waals surface area contributed by atoms with Gasteiger partial charge in [-0.3, -0.25) is 4.57 Å². The van der Waals surface area contributed by atoms with Gasteiger partial charge in [-0.25, -0.2) is 4.98 Å². The summed E-state index contributed by atoms with van der Waals surface area (Å²) in [5.41, 5.74) is 12.7. The third-order valence-electron chi connectivity index (χ3n) is 11.7. The molecule has 0 bridgehead atoms. The van der Waals surface area contributed by atoms with Crippen LogP contribution in [0.3, 0.4) is 0 Å². The van der Waals surface area contributed by atoms with Gasteiger partial charge < -0.3 is 4.74 Å². The first-order valence-electron chi connectivity index (χ1n) is 21.0. The monoisotopic (exact) mass is 797 g/mol. The van der Waals surface area contributed by atoms with Crippen molar-refractivity contribution in [3.05, 3.63) is 168 Å². The first-order valence-corrected chi connectivity index (χ1v) is 21.0. The smallest absolute Gasteiger partial charge is 0.457 e. The minimum Gasteiger partial charge on any atom is -0.457 e. The molecular formula is C55H51N5O+2. The third-order valence-corrected chi connectivity index (χ3v) is 11.7. The summed E-state index contributed by atoms with van der Waals surface area (Å²) in [6.07, 6.45) is 1.88. The fourth-order valence-electron chi connectivity index (χ4n) is 8.20. The van der Waals surface area contributed by atoms with E-state index in [2.05, 4.69) is 185 Å². The maximum absolute atomic E-state index is 9.79. The van der Waals surface area contributed by atoms with E-state index in [4.69, 9.17) is 9.72 Å². The lowest BCUT2D eigenvalue weighted by Crippen LogP contribution is -2.16. The van der Waals surface area contributed by atoms with Gasteiger partial charge in [0.2, 0.25) is 11.4 Å². The maximum atomic E-state index is 9.79. The fourth-order valence-corrected chi connectivity index (χ4v) is 8.20. The summed E-state index contributed by atoms with van der Waals surface area (Å²) in [7, 11) is 0. The molecule has 0 atom stereocenters. The summed E-state index contributed by atoms with van der Waals surface area (Å²) in [5.74, 6) is 2.21. The van der Waals surface area contributed by atoms with Gasteiger partial charge >= 0.3 is 11.7 Å². The van der Waals surface area contributed by atoms with Crippen molar-refractivity contribution >= 4 is 50.6 Å². The largest absolute Gasteiger partial charge is 0.503 e. The Kier molecular flexibility index (Phi) is 9.42. The normalized spacial score (nSPS) is 12.9. The molecule has 8 aromatic rings. The molecule has 0 radical (unpaired) electrons. The lowest BCUT2D eigenvalue weighted by Gasteiger charge is -2.26. The molecule has 0 amide bonds. The summed E-state index contributed by atoms with van der Waals surface area (Å²) >= 11 is 0. The van der Waals surface area contributed by atoms with E-state index in [1.165, 1.54) is 22.3 Å². The van der Waals surface area contributed by atoms with Crippen LogP contribution in [0.25, 0.3) is 38.8 Å². The predicted octanol–water partition coefficient (Wildman–Crippen LogP) is 14.3. The summed E-state index contributed by atoms with van der Waals surface area (Å²) in [6, 6.07) is 54.6. The Balaban J connectivity index is 1.16. The Hall–Kier alpha value is -7.06. The van der Waals surface area contributed by atoms with Gasteiger partial charge in [-0.05, 0) is 102 Å². The average molecular weight is 798 g/mol. The number of pyridine rings is 1. The zero-order valence-electron chi connectivity index (χ0n) is 36.5. The highest BCUT2D eigenvalue weighted by Gasteiger charge is 2.40. The fraction of sp³-hybridized carbons (Fsp3) is 0.218. The van der Waals surface area contributed by atoms with E-state index in [0.29, 0.717) is 17.1 Å². The molecule has 0 spiro atoms. The van der Waals surface area contributed by atoms with Gasteiger partial charge in [-0.15, -0.1) is 0 Å². The first-order chi connectivity index (χ1) is 29.1. The van der Waals surface area contributed by atoms with Crippen molar-refractivity contribution in [2.75, 3.05) is 0 Å². The molecule has 2 aromatic heterocycles. The van der Waals surface area contributed by atoms with Crippen molar-refractivity contribution < 1.29 is 4.74 Å². The number of fused-ring (bicyclic) bond motifs is 4. The number of rotatable bonds is 6. The molecule has 0 aliphatic carbocycles. The van der Waals surface area contributed by atoms with Crippen LogP contribution in [-0.4, -0.2) is 15.6 Å². The molecule has 61 heavy (non-hydrogen) atoms. The number of nitrogens with zero attached hydrogens (tertiary/aromatic N) is 5. The third kappa shape index (κ3) is 7.33. The average Bonchev–Trinajstić information content (AvgIpc) is 3.79. The molecule has 1 aliphatic rings. The molecule has 6 heteroatoms. The van der Waals surface area contributed by atoms with Gasteiger partial charge in [0.25, 0.3) is 5.69 Å². The van der Waals surface area contributed by atoms with E-state index in [1.807, 2.05) is 48.7 Å². The van der Waals surface area contributed by atoms with Crippen LogP contribution in [0, 0.1) is 11.3 Å². The number of hydrogen-bond acceptors (Lipinski definition) is 3. The number of hydrogen-bond donors (Lipinski definition) is 0. The van der Waals surface area contributed by atoms with Gasteiger partial charge in [0.15, 0.2) is 0 Å². The highest BCUT2D eigenvalue weighted by molar-refractivity contribution is 6.10. The minimum absolute atomic E-state index is 0.0198. The Morgan fingerprint density at radius 2 is 1.26 bits per heavy atom. The second kappa shape index (κ2) is 14.6. The number of benzene rings is 6. The highest BCUT2D eigenvalue weighted by Crippen LogP contribution is 2.45. The van der Waals surface area contributed by atoms with Crippen LogP contribution in [0.4, 0.5) is 22.7 Å². The van der Waals surface area contributed by atoms with Crippen molar-refractivity contribution in [1.82, 2.24) is 18.7 Å². The van der Waals surface area contributed by atoms with Gasteiger partial charge in [-0.1, -0.05) is 111 Å². The van der Waals surface area contributed by atoms with Crippen molar-refractivity contribution in [2.45, 2.75) is 78.6 Å². The van der Waals surface area contributed by atoms with Crippen LogP contribution >= 0.6 is 0 Å². The lowest BCUT2D eigenvalue weighted by molar-refractivity contribution is 0.483. The van der Waals surface area contributed by atoms with E-state index in [0.717, 1.165) is 55.9 Å². The highest BCUT2D eigenvalue weighted by atomic mass is 16.5. The zero-order valence-corrected chi connectivity index (χ0v) is 36.5. The second-order valence-corrected chi connectivity index (χ2v) is 19.2. The molecule has 0 unspecified atom stereocenters. The predicted molar refractivity (Wildman–Crippen MR) is 252 cm³/mol. The molecule has 1 aliphatic heterocycles. The Bertz CT molecular complexity index is 3120. The Morgan fingerprint density at radius 1 is 0.574 bits per heavy atom. The Morgan fingerprint density at radius 3 is 1.97 bits per heavy atom. The van der Waals surface area contributed by atoms with E-state index >= 15 is 0 Å². The number of nitriles is 1. The molecule has 3 heterocycles. The molecule has 0 saturated heterocycles. The summed E-state index contributed by atoms with van der Waals surface area (Å²) in [6.45, 7) is 20.3. The van der Waals surface area contributed by atoms with Crippen molar-refractivity contribution in [2.24, 2.45) is 0 Å². The number of aromatic nitrogens is 2. The van der Waals surface area contributed by atoms with Crippen LogP contribution in [0.15, 0.2) is 146 Å². The maximum Gasteiger partial charge on any atom is 0.503 e. The van der Waals surface area contributed by atoms with Gasteiger partial charge in [0.05, 0.1) is 34.3 Å². The molecule has 300 valence electrons. The molecule has 6 aromatic carbocycles. The quantitative estimate of drug-likeness (QED) is 0.157. The first kappa shape index (κ1) is 39.4. The van der Waals surface area contributed by atoms with E-state index in [9.17, 15) is 5.26 Å². The van der Waals surface area contributed by atoms with E-state index in [1.54, 1.807) is 0 Å². The van der Waals surface area contributed by atoms with Crippen LogP contribution < -0.4 is 13.9 Å². The summed E-state index contributed by atoms with van der Waals surface area (Å²) < 4.78 is 13.2. The number of ether oxygens (including phenoxy) is 1. The molecule has 0 fully saturated rings. The lowest BCUT2D eigenvalue weighted by atomic mass is 9.78. The summed E-state index contributed by atoms with van der Waals surface area (Å²) in [5, 5.41) is 11.8. The molecule has 0 N–H and O–H groups in total. The molecular weight excluding hydrogens is 747 g/mol. The van der Waals surface area contributed by atoms with Gasteiger partial charge in [0.1, 0.15) is 17.3 Å². The van der Waals surface area contributed by atoms with Gasteiger partial charge in [0, 0.05) is 47.3 Å². The van der Waals surface area contributed by atoms with Crippen molar-refractivity contribution in [3.63, 3.8) is 0 Å². The van der Waals surface area contributed by atoms with Gasteiger partial charge in [-0.2, -0.15) is 5.26 Å². The number of para-hydroxylation sites is 2. The zero-order chi connectivity index (χ0) is 42.8. The molecule has 6 nitrogen and oxygen atoms in total. The Labute approximate surface area is 359 Å². The van der Waals surface area contributed by atoms with E-state index < -0.39 is 0 Å². The molecule has 0 saturated carbocycles. The molecule has 9 rings (SSSR count). The van der Waals surface area contributed by atoms with Crippen LogP contribution in [0.5, 0.6) is 11.5 Å². The van der Waals surface area contributed by atoms with Crippen LogP contribution in [0.1, 0.15) is 84.6 Å².